The van der Waals surface area contributed by atoms with Crippen molar-refractivity contribution in [3.05, 3.63) is 78.4 Å². The van der Waals surface area contributed by atoms with E-state index in [4.69, 9.17) is 16.3 Å². The highest BCUT2D eigenvalue weighted by Crippen LogP contribution is 2.44. The summed E-state index contributed by atoms with van der Waals surface area (Å²) in [6.07, 6.45) is -0.434. The van der Waals surface area contributed by atoms with E-state index in [2.05, 4.69) is 0 Å². The fourth-order valence-corrected chi connectivity index (χ4v) is 3.57. The number of ether oxygens (including phenoxy) is 1. The lowest BCUT2D eigenvalue weighted by atomic mass is 9.91. The van der Waals surface area contributed by atoms with Crippen molar-refractivity contribution >= 4 is 34.2 Å². The van der Waals surface area contributed by atoms with Crippen LogP contribution in [-0.2, 0) is 10.3 Å². The Morgan fingerprint density at radius 1 is 0.958 bits per heavy atom. The smallest absolute Gasteiger partial charge is 0.416 e. The van der Waals surface area contributed by atoms with Gasteiger partial charge in [-0.15, -0.1) is 0 Å². The molecule has 4 heteroatoms. The summed E-state index contributed by atoms with van der Waals surface area (Å²) in [4.78, 5) is 14.2. The largest absolute Gasteiger partial charge is 0.426 e. The molecule has 0 spiro atoms. The molecule has 3 nitrogen and oxygen atoms in total. The fraction of sp³-hybridized carbons (Fsp3) is 0.150. The SMILES string of the molecule is CC1(c2ccccc2)C(Cl)OC(=O)N1c1ccc2ccccc2c1. The molecule has 0 bridgehead atoms. The van der Waals surface area contributed by atoms with E-state index in [9.17, 15) is 4.79 Å². The second kappa shape index (κ2) is 5.53. The number of anilines is 1. The summed E-state index contributed by atoms with van der Waals surface area (Å²) < 4.78 is 5.36. The molecule has 1 amide bonds. The van der Waals surface area contributed by atoms with Gasteiger partial charge in [0, 0.05) is 5.69 Å². The van der Waals surface area contributed by atoms with Gasteiger partial charge in [-0.1, -0.05) is 72.3 Å². The minimum atomic E-state index is -0.775. The molecule has 24 heavy (non-hydrogen) atoms. The van der Waals surface area contributed by atoms with Crippen molar-refractivity contribution in [3.8, 4) is 0 Å². The van der Waals surface area contributed by atoms with Crippen molar-refractivity contribution in [2.45, 2.75) is 18.0 Å². The first-order valence-corrected chi connectivity index (χ1v) is 8.23. The quantitative estimate of drug-likeness (QED) is 0.596. The molecule has 3 aromatic carbocycles. The summed E-state index contributed by atoms with van der Waals surface area (Å²) in [5.41, 5.74) is 0.165. The number of halogens is 1. The number of fused-ring (bicyclic) bond motifs is 1. The molecule has 0 aliphatic carbocycles. The van der Waals surface area contributed by atoms with Gasteiger partial charge in [-0.2, -0.15) is 0 Å². The summed E-state index contributed by atoms with van der Waals surface area (Å²) in [7, 11) is 0. The van der Waals surface area contributed by atoms with Crippen LogP contribution in [0.2, 0.25) is 0 Å². The minimum absolute atomic E-state index is 0.434. The van der Waals surface area contributed by atoms with Crippen LogP contribution in [0.4, 0.5) is 10.5 Å². The zero-order chi connectivity index (χ0) is 16.7. The number of carbonyl (C=O) groups excluding carboxylic acids is 1. The van der Waals surface area contributed by atoms with Gasteiger partial charge in [0.05, 0.1) is 0 Å². The Morgan fingerprint density at radius 2 is 1.62 bits per heavy atom. The molecule has 0 saturated carbocycles. The second-order valence-corrected chi connectivity index (χ2v) is 6.48. The van der Waals surface area contributed by atoms with Gasteiger partial charge in [0.15, 0.2) is 0 Å². The molecule has 1 aliphatic rings. The predicted molar refractivity (Wildman–Crippen MR) is 96.3 cm³/mol. The molecular weight excluding hydrogens is 322 g/mol. The van der Waals surface area contributed by atoms with Gasteiger partial charge in [-0.3, -0.25) is 4.90 Å². The fourth-order valence-electron chi connectivity index (χ4n) is 3.27. The number of nitrogens with zero attached hydrogens (tertiary/aromatic N) is 1. The van der Waals surface area contributed by atoms with Gasteiger partial charge in [0.25, 0.3) is 0 Å². The number of alkyl halides is 1. The molecule has 0 radical (unpaired) electrons. The van der Waals surface area contributed by atoms with Crippen LogP contribution in [0, 0.1) is 0 Å². The van der Waals surface area contributed by atoms with Crippen molar-refractivity contribution in [3.63, 3.8) is 0 Å². The number of hydrogen-bond donors (Lipinski definition) is 0. The minimum Gasteiger partial charge on any atom is -0.426 e. The Morgan fingerprint density at radius 3 is 2.38 bits per heavy atom. The van der Waals surface area contributed by atoms with Gasteiger partial charge in [0.1, 0.15) is 5.54 Å². The molecule has 3 aromatic rings. The Hall–Kier alpha value is -2.52. The van der Waals surface area contributed by atoms with Crippen LogP contribution in [0.1, 0.15) is 12.5 Å². The summed E-state index contributed by atoms with van der Waals surface area (Å²) in [5.74, 6) is 0. The van der Waals surface area contributed by atoms with Crippen molar-refractivity contribution in [2.75, 3.05) is 4.90 Å². The number of rotatable bonds is 2. The first kappa shape index (κ1) is 15.0. The monoisotopic (exact) mass is 337 g/mol. The molecule has 4 rings (SSSR count). The molecule has 2 atom stereocenters. The Labute approximate surface area is 145 Å². The first-order valence-electron chi connectivity index (χ1n) is 7.80. The third-order valence-corrected chi connectivity index (χ3v) is 5.16. The van der Waals surface area contributed by atoms with Crippen molar-refractivity contribution in [1.29, 1.82) is 0 Å². The van der Waals surface area contributed by atoms with Gasteiger partial charge >= 0.3 is 6.09 Å². The number of hydrogen-bond acceptors (Lipinski definition) is 2. The zero-order valence-electron chi connectivity index (χ0n) is 13.1. The molecule has 1 fully saturated rings. The topological polar surface area (TPSA) is 29.5 Å². The summed E-state index contributed by atoms with van der Waals surface area (Å²) in [5, 5.41) is 2.19. The Balaban J connectivity index is 1.88. The third-order valence-electron chi connectivity index (χ3n) is 4.64. The highest BCUT2D eigenvalue weighted by atomic mass is 35.5. The van der Waals surface area contributed by atoms with Crippen molar-refractivity contribution in [1.82, 2.24) is 0 Å². The highest BCUT2D eigenvalue weighted by molar-refractivity contribution is 6.23. The van der Waals surface area contributed by atoms with Crippen LogP contribution < -0.4 is 4.90 Å². The van der Waals surface area contributed by atoms with E-state index in [1.165, 1.54) is 0 Å². The number of carbonyl (C=O) groups is 1. The summed E-state index contributed by atoms with van der Waals surface area (Å²) >= 11 is 6.43. The number of cyclic esters (lactones) is 1. The Bertz CT molecular complexity index is 912. The van der Waals surface area contributed by atoms with E-state index in [1.807, 2.05) is 79.7 Å². The van der Waals surface area contributed by atoms with E-state index in [-0.39, 0.29) is 0 Å². The lowest BCUT2D eigenvalue weighted by molar-refractivity contribution is 0.157. The maximum atomic E-state index is 12.5. The molecule has 1 saturated heterocycles. The molecule has 1 aliphatic heterocycles. The lowest BCUT2D eigenvalue weighted by Crippen LogP contribution is -2.44. The standard InChI is InChI=1S/C20H16ClNO2/c1-20(16-9-3-2-4-10-16)18(21)24-19(23)22(20)17-12-11-14-7-5-6-8-15(14)13-17/h2-13,18H,1H3. The molecular formula is C20H16ClNO2. The third kappa shape index (κ3) is 2.16. The molecule has 1 heterocycles. The second-order valence-electron chi connectivity index (χ2n) is 6.08. The average Bonchev–Trinajstić information content (AvgIpc) is 2.85. The van der Waals surface area contributed by atoms with Crippen LogP contribution in [0.15, 0.2) is 72.8 Å². The van der Waals surface area contributed by atoms with Gasteiger partial charge in [-0.05, 0) is 35.4 Å². The number of benzene rings is 3. The van der Waals surface area contributed by atoms with Crippen LogP contribution in [0.25, 0.3) is 10.8 Å². The summed E-state index contributed by atoms with van der Waals surface area (Å²) in [6, 6.07) is 23.7. The van der Waals surface area contributed by atoms with Gasteiger partial charge in [-0.25, -0.2) is 4.79 Å². The highest BCUT2D eigenvalue weighted by Gasteiger charge is 2.53. The van der Waals surface area contributed by atoms with Crippen LogP contribution in [0.3, 0.4) is 0 Å². The van der Waals surface area contributed by atoms with E-state index < -0.39 is 17.2 Å². The zero-order valence-corrected chi connectivity index (χ0v) is 13.9. The maximum Gasteiger partial charge on any atom is 0.416 e. The van der Waals surface area contributed by atoms with Crippen LogP contribution in [-0.4, -0.2) is 11.7 Å². The van der Waals surface area contributed by atoms with Gasteiger partial charge < -0.3 is 4.74 Å². The van der Waals surface area contributed by atoms with Gasteiger partial charge in [0.2, 0.25) is 5.56 Å². The predicted octanol–water partition coefficient (Wildman–Crippen LogP) is 5.28. The van der Waals surface area contributed by atoms with Crippen LogP contribution >= 0.6 is 11.6 Å². The van der Waals surface area contributed by atoms with E-state index in [0.29, 0.717) is 0 Å². The van der Waals surface area contributed by atoms with E-state index >= 15 is 0 Å². The normalized spacial score (nSPS) is 23.5. The van der Waals surface area contributed by atoms with Crippen molar-refractivity contribution < 1.29 is 9.53 Å². The molecule has 2 unspecified atom stereocenters. The molecule has 0 N–H and O–H groups in total. The van der Waals surface area contributed by atoms with Crippen molar-refractivity contribution in [2.24, 2.45) is 0 Å². The average molecular weight is 338 g/mol. The Kier molecular flexibility index (Phi) is 3.47. The van der Waals surface area contributed by atoms with E-state index in [0.717, 1.165) is 22.0 Å². The summed E-state index contributed by atoms with van der Waals surface area (Å²) in [6.45, 7) is 1.93. The van der Waals surface area contributed by atoms with Crippen LogP contribution in [0.5, 0.6) is 0 Å². The molecule has 120 valence electrons. The first-order chi connectivity index (χ1) is 11.6. The van der Waals surface area contributed by atoms with E-state index in [1.54, 1.807) is 4.90 Å². The maximum absolute atomic E-state index is 12.5. The molecule has 0 aromatic heterocycles. The lowest BCUT2D eigenvalue weighted by Gasteiger charge is -2.34. The number of amides is 1.